The quantitative estimate of drug-likeness (QED) is 0.749. The predicted octanol–water partition coefficient (Wildman–Crippen LogP) is 3.90. The lowest BCUT2D eigenvalue weighted by atomic mass is 10.1. The van der Waals surface area contributed by atoms with Gasteiger partial charge in [-0.3, -0.25) is 4.79 Å². The number of benzene rings is 2. The second kappa shape index (κ2) is 7.59. The number of aryl methyl sites for hydroxylation is 2. The Hall–Kier alpha value is -2.88. The Kier molecular flexibility index (Phi) is 5.06. The summed E-state index contributed by atoms with van der Waals surface area (Å²) in [4.78, 5) is 16.2. The summed E-state index contributed by atoms with van der Waals surface area (Å²) < 4.78 is 5.71. The van der Waals surface area contributed by atoms with Gasteiger partial charge >= 0.3 is 0 Å². The number of carbonyl (C=O) groups excluding carboxylic acids is 1. The third kappa shape index (κ3) is 4.10. The van der Waals surface area contributed by atoms with Crippen LogP contribution in [0.15, 0.2) is 65.2 Å². The second-order valence-corrected chi connectivity index (χ2v) is 5.69. The fourth-order valence-corrected chi connectivity index (χ4v) is 2.47. The van der Waals surface area contributed by atoms with Crippen molar-refractivity contribution >= 4 is 5.91 Å². The highest BCUT2D eigenvalue weighted by Gasteiger charge is 2.09. The van der Waals surface area contributed by atoms with Crippen LogP contribution in [0, 0.1) is 6.92 Å². The van der Waals surface area contributed by atoms with Crippen LogP contribution < -0.4 is 5.32 Å². The first kappa shape index (κ1) is 16.0. The minimum atomic E-state index is -0.00212. The van der Waals surface area contributed by atoms with Gasteiger partial charge < -0.3 is 9.73 Å². The van der Waals surface area contributed by atoms with E-state index in [4.69, 9.17) is 4.42 Å². The summed E-state index contributed by atoms with van der Waals surface area (Å²) >= 11 is 0. The number of hydrogen-bond acceptors (Lipinski definition) is 3. The van der Waals surface area contributed by atoms with Crippen LogP contribution >= 0.6 is 0 Å². The van der Waals surface area contributed by atoms with E-state index in [1.165, 1.54) is 5.56 Å². The van der Waals surface area contributed by atoms with E-state index in [1.54, 1.807) is 6.20 Å². The van der Waals surface area contributed by atoms with E-state index >= 15 is 0 Å². The smallest absolute Gasteiger partial charge is 0.220 e. The van der Waals surface area contributed by atoms with Gasteiger partial charge in [-0.15, -0.1) is 0 Å². The zero-order valence-corrected chi connectivity index (χ0v) is 13.7. The molecule has 0 aliphatic carbocycles. The standard InChI is InChI=1S/C20H20N2O2/c1-15-7-5-6-10-17(15)13-21-19(23)11-12-20-22-14-18(24-20)16-8-3-2-4-9-16/h2-10,14H,11-13H2,1H3,(H,21,23). The third-order valence-electron chi connectivity index (χ3n) is 3.92. The number of oxazole rings is 1. The Morgan fingerprint density at radius 1 is 1.08 bits per heavy atom. The number of hydrogen-bond donors (Lipinski definition) is 1. The van der Waals surface area contributed by atoms with E-state index in [0.717, 1.165) is 16.9 Å². The second-order valence-electron chi connectivity index (χ2n) is 5.69. The Morgan fingerprint density at radius 3 is 2.62 bits per heavy atom. The number of nitrogens with one attached hydrogen (secondary N) is 1. The average molecular weight is 320 g/mol. The minimum absolute atomic E-state index is 0.00212. The van der Waals surface area contributed by atoms with E-state index in [-0.39, 0.29) is 5.91 Å². The molecule has 122 valence electrons. The molecule has 3 rings (SSSR count). The Morgan fingerprint density at radius 2 is 1.83 bits per heavy atom. The monoisotopic (exact) mass is 320 g/mol. The molecular formula is C20H20N2O2. The molecule has 0 aliphatic rings. The fraction of sp³-hybridized carbons (Fsp3) is 0.200. The van der Waals surface area contributed by atoms with Crippen LogP contribution in [-0.4, -0.2) is 10.9 Å². The summed E-state index contributed by atoms with van der Waals surface area (Å²) in [6, 6.07) is 17.8. The normalized spacial score (nSPS) is 10.5. The molecule has 0 spiro atoms. The molecule has 4 heteroatoms. The predicted molar refractivity (Wildman–Crippen MR) is 93.3 cm³/mol. The summed E-state index contributed by atoms with van der Waals surface area (Å²) in [5.74, 6) is 1.31. The fourth-order valence-electron chi connectivity index (χ4n) is 2.47. The molecule has 4 nitrogen and oxygen atoms in total. The van der Waals surface area contributed by atoms with Crippen LogP contribution in [0.2, 0.25) is 0 Å². The molecule has 1 N–H and O–H groups in total. The van der Waals surface area contributed by atoms with Crippen molar-refractivity contribution in [3.05, 3.63) is 77.8 Å². The first-order valence-electron chi connectivity index (χ1n) is 8.04. The molecule has 0 saturated carbocycles. The molecule has 0 fully saturated rings. The molecule has 0 saturated heterocycles. The number of rotatable bonds is 6. The van der Waals surface area contributed by atoms with Crippen molar-refractivity contribution in [2.75, 3.05) is 0 Å². The molecule has 1 amide bonds. The van der Waals surface area contributed by atoms with Gasteiger partial charge in [0, 0.05) is 24.9 Å². The van der Waals surface area contributed by atoms with Gasteiger partial charge in [0.15, 0.2) is 11.7 Å². The Labute approximate surface area is 141 Å². The maximum atomic E-state index is 12.0. The van der Waals surface area contributed by atoms with Gasteiger partial charge in [0.25, 0.3) is 0 Å². The van der Waals surface area contributed by atoms with Crippen LogP contribution in [0.25, 0.3) is 11.3 Å². The van der Waals surface area contributed by atoms with Crippen molar-refractivity contribution in [1.29, 1.82) is 0 Å². The number of nitrogens with zero attached hydrogens (tertiary/aromatic N) is 1. The van der Waals surface area contributed by atoms with E-state index in [1.807, 2.05) is 61.5 Å². The third-order valence-corrected chi connectivity index (χ3v) is 3.92. The average Bonchev–Trinajstić information content (AvgIpc) is 3.09. The molecule has 1 aromatic heterocycles. The lowest BCUT2D eigenvalue weighted by Crippen LogP contribution is -2.23. The molecule has 24 heavy (non-hydrogen) atoms. The van der Waals surface area contributed by atoms with Crippen LogP contribution in [0.4, 0.5) is 0 Å². The Balaban J connectivity index is 1.50. The molecule has 0 atom stereocenters. The number of amides is 1. The van der Waals surface area contributed by atoms with Gasteiger partial charge in [0.1, 0.15) is 0 Å². The van der Waals surface area contributed by atoms with Crippen LogP contribution in [0.1, 0.15) is 23.4 Å². The SMILES string of the molecule is Cc1ccccc1CNC(=O)CCc1ncc(-c2ccccc2)o1. The highest BCUT2D eigenvalue weighted by atomic mass is 16.4. The molecule has 0 radical (unpaired) electrons. The molecule has 0 aliphatic heterocycles. The van der Waals surface area contributed by atoms with E-state index in [2.05, 4.69) is 10.3 Å². The lowest BCUT2D eigenvalue weighted by Gasteiger charge is -2.07. The summed E-state index contributed by atoms with van der Waals surface area (Å²) in [7, 11) is 0. The van der Waals surface area contributed by atoms with Crippen LogP contribution in [-0.2, 0) is 17.8 Å². The van der Waals surface area contributed by atoms with Gasteiger partial charge in [-0.2, -0.15) is 0 Å². The van der Waals surface area contributed by atoms with Crippen LogP contribution in [0.5, 0.6) is 0 Å². The molecular weight excluding hydrogens is 300 g/mol. The largest absolute Gasteiger partial charge is 0.441 e. The molecule has 0 bridgehead atoms. The molecule has 0 unspecified atom stereocenters. The van der Waals surface area contributed by atoms with Crippen molar-refractivity contribution < 1.29 is 9.21 Å². The van der Waals surface area contributed by atoms with Gasteiger partial charge in [-0.05, 0) is 18.1 Å². The first-order valence-corrected chi connectivity index (χ1v) is 8.04. The van der Waals surface area contributed by atoms with Gasteiger partial charge in [-0.25, -0.2) is 4.98 Å². The summed E-state index contributed by atoms with van der Waals surface area (Å²) in [5.41, 5.74) is 3.30. The molecule has 1 heterocycles. The summed E-state index contributed by atoms with van der Waals surface area (Å²) in [6.07, 6.45) is 2.56. The van der Waals surface area contributed by atoms with Crippen molar-refractivity contribution in [2.45, 2.75) is 26.3 Å². The van der Waals surface area contributed by atoms with Crippen molar-refractivity contribution in [2.24, 2.45) is 0 Å². The van der Waals surface area contributed by atoms with Gasteiger partial charge in [0.2, 0.25) is 5.91 Å². The van der Waals surface area contributed by atoms with Crippen LogP contribution in [0.3, 0.4) is 0 Å². The lowest BCUT2D eigenvalue weighted by molar-refractivity contribution is -0.121. The summed E-state index contributed by atoms with van der Waals surface area (Å²) in [5, 5.41) is 2.94. The zero-order valence-electron chi connectivity index (χ0n) is 13.7. The maximum absolute atomic E-state index is 12.0. The van der Waals surface area contributed by atoms with Crippen molar-refractivity contribution in [1.82, 2.24) is 10.3 Å². The highest BCUT2D eigenvalue weighted by molar-refractivity contribution is 5.76. The zero-order chi connectivity index (χ0) is 16.8. The van der Waals surface area contributed by atoms with Gasteiger partial charge in [-0.1, -0.05) is 54.6 Å². The van der Waals surface area contributed by atoms with E-state index in [9.17, 15) is 4.79 Å². The van der Waals surface area contributed by atoms with E-state index in [0.29, 0.717) is 25.3 Å². The Bertz CT molecular complexity index is 809. The maximum Gasteiger partial charge on any atom is 0.220 e. The van der Waals surface area contributed by atoms with Crippen molar-refractivity contribution in [3.63, 3.8) is 0 Å². The minimum Gasteiger partial charge on any atom is -0.441 e. The summed E-state index contributed by atoms with van der Waals surface area (Å²) in [6.45, 7) is 2.59. The van der Waals surface area contributed by atoms with E-state index < -0.39 is 0 Å². The molecule has 2 aromatic carbocycles. The van der Waals surface area contributed by atoms with Crippen molar-refractivity contribution in [3.8, 4) is 11.3 Å². The first-order chi connectivity index (χ1) is 11.7. The number of aromatic nitrogens is 1. The molecule has 3 aromatic rings. The van der Waals surface area contributed by atoms with Gasteiger partial charge in [0.05, 0.1) is 6.20 Å². The number of carbonyl (C=O) groups is 1. The topological polar surface area (TPSA) is 55.1 Å². The highest BCUT2D eigenvalue weighted by Crippen LogP contribution is 2.20.